The lowest BCUT2D eigenvalue weighted by atomic mass is 9.89. The van der Waals surface area contributed by atoms with Crippen molar-refractivity contribution in [3.8, 4) is 33.4 Å². The van der Waals surface area contributed by atoms with Gasteiger partial charge in [0.1, 0.15) is 0 Å². The Kier molecular flexibility index (Phi) is 9.30. The monoisotopic (exact) mass is 965 g/mol. The van der Waals surface area contributed by atoms with Gasteiger partial charge in [-0.05, 0) is 181 Å². The predicted octanol–water partition coefficient (Wildman–Crippen LogP) is 20.1. The van der Waals surface area contributed by atoms with Crippen LogP contribution in [-0.4, -0.2) is 9.97 Å². The van der Waals surface area contributed by atoms with Crippen LogP contribution in [0.25, 0.3) is 142 Å². The van der Waals surface area contributed by atoms with Crippen LogP contribution < -0.4 is 4.90 Å². The molecule has 0 spiro atoms. The van der Waals surface area contributed by atoms with E-state index in [9.17, 15) is 0 Å². The number of nitrogens with zero attached hydrogens (tertiary/aromatic N) is 3. The Morgan fingerprint density at radius 2 is 0.658 bits per heavy atom. The van der Waals surface area contributed by atoms with Crippen LogP contribution in [0.1, 0.15) is 0 Å². The second-order valence-electron chi connectivity index (χ2n) is 20.0. The first-order valence-corrected chi connectivity index (χ1v) is 25.9. The Morgan fingerprint density at radius 3 is 1.17 bits per heavy atom. The quantitative estimate of drug-likeness (QED) is 0.156. The first kappa shape index (κ1) is 42.4. The summed E-state index contributed by atoms with van der Waals surface area (Å²) in [6.07, 6.45) is 3.64. The van der Waals surface area contributed by atoms with Gasteiger partial charge in [-0.25, -0.2) is 9.97 Å². The number of pyridine rings is 2. The van der Waals surface area contributed by atoms with Crippen molar-refractivity contribution in [2.45, 2.75) is 0 Å². The number of benzene rings is 13. The second-order valence-corrected chi connectivity index (χ2v) is 20.0. The van der Waals surface area contributed by atoms with Crippen molar-refractivity contribution in [1.29, 1.82) is 0 Å². The highest BCUT2D eigenvalue weighted by atomic mass is 16.3. The van der Waals surface area contributed by atoms with Gasteiger partial charge in [0, 0.05) is 40.4 Å². The summed E-state index contributed by atoms with van der Waals surface area (Å²) in [5, 5.41) is 22.0. The molecule has 352 valence electrons. The average molecular weight is 966 g/mol. The van der Waals surface area contributed by atoms with E-state index in [1.807, 2.05) is 18.3 Å². The van der Waals surface area contributed by atoms with Crippen LogP contribution in [0.3, 0.4) is 0 Å². The maximum Gasteiger partial charge on any atom is 0.229 e. The maximum absolute atomic E-state index is 5.97. The number of aromatic nitrogens is 2. The van der Waals surface area contributed by atoms with Crippen LogP contribution in [0.2, 0.25) is 0 Å². The van der Waals surface area contributed by atoms with E-state index in [-0.39, 0.29) is 0 Å². The molecule has 16 rings (SSSR count). The molecule has 13 aromatic carbocycles. The van der Waals surface area contributed by atoms with Gasteiger partial charge in [0.15, 0.2) is 0 Å². The van der Waals surface area contributed by atoms with E-state index < -0.39 is 0 Å². The summed E-state index contributed by atoms with van der Waals surface area (Å²) in [6, 6.07) is 91.4. The Labute approximate surface area is 437 Å². The Balaban J connectivity index is 0.821. The Morgan fingerprint density at radius 1 is 0.263 bits per heavy atom. The molecular weight excluding hydrogens is 923 g/mol. The van der Waals surface area contributed by atoms with E-state index in [4.69, 9.17) is 9.40 Å². The van der Waals surface area contributed by atoms with E-state index in [0.717, 1.165) is 39.0 Å². The van der Waals surface area contributed by atoms with Gasteiger partial charge >= 0.3 is 0 Å². The minimum atomic E-state index is 0.588. The maximum atomic E-state index is 5.97. The molecule has 76 heavy (non-hydrogen) atoms. The van der Waals surface area contributed by atoms with Gasteiger partial charge in [-0.15, -0.1) is 0 Å². The summed E-state index contributed by atoms with van der Waals surface area (Å²) in [5.41, 5.74) is 11.3. The zero-order valence-corrected chi connectivity index (χ0v) is 41.1. The molecule has 3 heterocycles. The standard InChI is InChI=1S/C72H43N3O/c1-3-14-61-57(12-1)59-16-5-7-18-63(59)69-55(20-9-22-65(61)69)49-27-25-47-40-53(35-31-45(47)38-49)75(52-33-29-44(30-34-52)51-42-68-67-24-11-37-73-71(67)76-72(68)74-43-51)54-36-32-46-39-50(28-26-48(46)41-54)56-21-10-23-66-62-15-4-2-13-58(62)60-17-6-8-19-64(60)70(56)66/h1-43H. The van der Waals surface area contributed by atoms with Crippen LogP contribution in [0.4, 0.5) is 17.1 Å². The van der Waals surface area contributed by atoms with Crippen molar-refractivity contribution in [3.05, 3.63) is 261 Å². The zero-order chi connectivity index (χ0) is 49.8. The molecule has 0 saturated heterocycles. The molecule has 4 nitrogen and oxygen atoms in total. The summed E-state index contributed by atoms with van der Waals surface area (Å²) < 4.78 is 5.97. The van der Waals surface area contributed by atoms with Gasteiger partial charge in [-0.2, -0.15) is 0 Å². The van der Waals surface area contributed by atoms with E-state index in [1.165, 1.54) is 108 Å². The molecule has 0 fully saturated rings. The molecule has 0 aliphatic heterocycles. The SMILES string of the molecule is c1cnc2oc3ncc(-c4ccc(N(c5ccc6cc(-c7cccc8c9ccccc9c9ccccc9c78)ccc6c5)c5ccc6cc(-c7cccc8c9ccccc9c9ccccc9c78)ccc6c5)cc4)cc3c2c1. The normalized spacial score (nSPS) is 11.9. The summed E-state index contributed by atoms with van der Waals surface area (Å²) in [5.74, 6) is 0. The third-order valence-electron chi connectivity index (χ3n) is 15.9. The number of furan rings is 1. The van der Waals surface area contributed by atoms with E-state index >= 15 is 0 Å². The average Bonchev–Trinajstić information content (AvgIpc) is 3.98. The highest BCUT2D eigenvalue weighted by Gasteiger charge is 2.19. The molecule has 3 aromatic heterocycles. The Bertz CT molecular complexity index is 4740. The molecule has 0 amide bonds. The van der Waals surface area contributed by atoms with Gasteiger partial charge in [-0.3, -0.25) is 0 Å². The first-order chi connectivity index (χ1) is 37.7. The molecule has 0 aliphatic carbocycles. The van der Waals surface area contributed by atoms with Crippen molar-refractivity contribution < 1.29 is 4.42 Å². The fourth-order valence-corrected chi connectivity index (χ4v) is 12.4. The van der Waals surface area contributed by atoms with Crippen LogP contribution >= 0.6 is 0 Å². The van der Waals surface area contributed by atoms with Crippen molar-refractivity contribution in [1.82, 2.24) is 9.97 Å². The minimum Gasteiger partial charge on any atom is -0.419 e. The summed E-state index contributed by atoms with van der Waals surface area (Å²) in [7, 11) is 0. The van der Waals surface area contributed by atoms with E-state index in [2.05, 4.69) is 246 Å². The Hall–Kier alpha value is -10.2. The fraction of sp³-hybridized carbons (Fsp3) is 0. The number of hydrogen-bond donors (Lipinski definition) is 0. The summed E-state index contributed by atoms with van der Waals surface area (Å²) >= 11 is 0. The lowest BCUT2D eigenvalue weighted by Gasteiger charge is -2.26. The van der Waals surface area contributed by atoms with Crippen LogP contribution in [-0.2, 0) is 0 Å². The van der Waals surface area contributed by atoms with E-state index in [0.29, 0.717) is 11.4 Å². The molecule has 0 unspecified atom stereocenters. The van der Waals surface area contributed by atoms with Gasteiger partial charge in [0.2, 0.25) is 11.4 Å². The molecule has 0 radical (unpaired) electrons. The van der Waals surface area contributed by atoms with Gasteiger partial charge < -0.3 is 9.32 Å². The van der Waals surface area contributed by atoms with Crippen molar-refractivity contribution >= 4 is 125 Å². The lowest BCUT2D eigenvalue weighted by molar-refractivity contribution is 0.640. The molecule has 0 saturated carbocycles. The minimum absolute atomic E-state index is 0.588. The zero-order valence-electron chi connectivity index (χ0n) is 41.1. The van der Waals surface area contributed by atoms with Crippen molar-refractivity contribution in [2.75, 3.05) is 4.90 Å². The van der Waals surface area contributed by atoms with Crippen LogP contribution in [0, 0.1) is 0 Å². The van der Waals surface area contributed by atoms with Gasteiger partial charge in [0.25, 0.3) is 0 Å². The lowest BCUT2D eigenvalue weighted by Crippen LogP contribution is -2.10. The number of rotatable bonds is 6. The largest absolute Gasteiger partial charge is 0.419 e. The van der Waals surface area contributed by atoms with Crippen LogP contribution in [0.15, 0.2) is 266 Å². The van der Waals surface area contributed by atoms with Gasteiger partial charge in [-0.1, -0.05) is 182 Å². The van der Waals surface area contributed by atoms with E-state index in [1.54, 1.807) is 6.20 Å². The molecule has 0 atom stereocenters. The third kappa shape index (κ3) is 6.57. The molecular formula is C72H43N3O. The van der Waals surface area contributed by atoms with Gasteiger partial charge in [0.05, 0.1) is 5.39 Å². The van der Waals surface area contributed by atoms with Crippen LogP contribution in [0.5, 0.6) is 0 Å². The number of anilines is 3. The number of hydrogen-bond acceptors (Lipinski definition) is 4. The second kappa shape index (κ2) is 16.7. The highest BCUT2D eigenvalue weighted by Crippen LogP contribution is 2.45. The highest BCUT2D eigenvalue weighted by molar-refractivity contribution is 6.30. The molecule has 4 heteroatoms. The number of fused-ring (bicyclic) bond motifs is 17. The molecule has 0 N–H and O–H groups in total. The summed E-state index contributed by atoms with van der Waals surface area (Å²) in [6.45, 7) is 0. The predicted molar refractivity (Wildman–Crippen MR) is 320 cm³/mol. The summed E-state index contributed by atoms with van der Waals surface area (Å²) in [4.78, 5) is 11.5. The smallest absolute Gasteiger partial charge is 0.229 e. The topological polar surface area (TPSA) is 42.2 Å². The van der Waals surface area contributed by atoms with Crippen molar-refractivity contribution in [3.63, 3.8) is 0 Å². The molecule has 16 aromatic rings. The first-order valence-electron chi connectivity index (χ1n) is 25.9. The molecule has 0 aliphatic rings. The van der Waals surface area contributed by atoms with Crippen molar-refractivity contribution in [2.24, 2.45) is 0 Å². The third-order valence-corrected chi connectivity index (χ3v) is 15.9. The fourth-order valence-electron chi connectivity index (χ4n) is 12.4. The molecule has 0 bridgehead atoms.